The minimum Gasteiger partial charge on any atom is -0.491 e. The van der Waals surface area contributed by atoms with Crippen molar-refractivity contribution in [1.82, 2.24) is 4.90 Å². The van der Waals surface area contributed by atoms with Gasteiger partial charge in [-0.15, -0.1) is 0 Å². The lowest BCUT2D eigenvalue weighted by molar-refractivity contribution is -0.148. The predicted molar refractivity (Wildman–Crippen MR) is 84.5 cm³/mol. The molecule has 23 heavy (non-hydrogen) atoms. The maximum atomic E-state index is 12.6. The Morgan fingerprint density at radius 1 is 1.35 bits per heavy atom. The van der Waals surface area contributed by atoms with Crippen molar-refractivity contribution in [2.24, 2.45) is 0 Å². The number of methoxy groups -OCH3 is 1. The third-order valence-corrected chi connectivity index (χ3v) is 3.88. The average molecular weight is 321 g/mol. The molecule has 0 spiro atoms. The van der Waals surface area contributed by atoms with Gasteiger partial charge in [0.15, 0.2) is 0 Å². The van der Waals surface area contributed by atoms with Crippen LogP contribution in [0.5, 0.6) is 5.75 Å². The lowest BCUT2D eigenvalue weighted by atomic mass is 10.1. The van der Waals surface area contributed by atoms with Gasteiger partial charge in [-0.3, -0.25) is 4.79 Å². The van der Waals surface area contributed by atoms with Crippen molar-refractivity contribution in [1.29, 1.82) is 0 Å². The molecule has 1 heterocycles. The Morgan fingerprint density at radius 2 is 2.04 bits per heavy atom. The number of aliphatic carboxylic acids is 1. The summed E-state index contributed by atoms with van der Waals surface area (Å²) in [6.45, 7) is 4.14. The van der Waals surface area contributed by atoms with Gasteiger partial charge in [0, 0.05) is 25.6 Å². The number of ether oxygens (including phenoxy) is 2. The van der Waals surface area contributed by atoms with E-state index in [0.29, 0.717) is 18.7 Å². The highest BCUT2D eigenvalue weighted by molar-refractivity contribution is 5.86. The van der Waals surface area contributed by atoms with Gasteiger partial charge >= 0.3 is 5.97 Å². The molecular weight excluding hydrogens is 298 g/mol. The third-order valence-electron chi connectivity index (χ3n) is 3.88. The molecule has 0 aromatic heterocycles. The number of carbonyl (C=O) groups excluding carboxylic acids is 1. The number of carboxylic acid groups (broad SMARTS) is 1. The molecule has 6 heteroatoms. The minimum atomic E-state index is -0.996. The summed E-state index contributed by atoms with van der Waals surface area (Å²) in [7, 11) is 1.53. The Kier molecular flexibility index (Phi) is 5.60. The SMILES string of the molecule is COC1CC(C(=O)O)N(C(=O)Cc2ccccc2OC(C)C)C1. The molecule has 0 bridgehead atoms. The summed E-state index contributed by atoms with van der Waals surface area (Å²) in [5.41, 5.74) is 0.760. The number of carbonyl (C=O) groups is 2. The molecule has 0 aliphatic carbocycles. The van der Waals surface area contributed by atoms with Crippen LogP contribution in [0.2, 0.25) is 0 Å². The summed E-state index contributed by atoms with van der Waals surface area (Å²) >= 11 is 0. The molecule has 0 saturated carbocycles. The zero-order chi connectivity index (χ0) is 17.0. The highest BCUT2D eigenvalue weighted by Crippen LogP contribution is 2.24. The van der Waals surface area contributed by atoms with E-state index < -0.39 is 12.0 Å². The Morgan fingerprint density at radius 3 is 2.65 bits per heavy atom. The third kappa shape index (κ3) is 4.22. The van der Waals surface area contributed by atoms with Crippen LogP contribution in [-0.2, 0) is 20.7 Å². The summed E-state index contributed by atoms with van der Waals surface area (Å²) in [5.74, 6) is -0.563. The summed E-state index contributed by atoms with van der Waals surface area (Å²) in [4.78, 5) is 25.3. The van der Waals surface area contributed by atoms with Crippen molar-refractivity contribution < 1.29 is 24.2 Å². The quantitative estimate of drug-likeness (QED) is 0.863. The molecule has 1 aromatic carbocycles. The van der Waals surface area contributed by atoms with Crippen LogP contribution in [0, 0.1) is 0 Å². The second-order valence-electron chi connectivity index (χ2n) is 5.94. The maximum Gasteiger partial charge on any atom is 0.326 e. The number of benzene rings is 1. The van der Waals surface area contributed by atoms with Gasteiger partial charge in [0.1, 0.15) is 11.8 Å². The summed E-state index contributed by atoms with van der Waals surface area (Å²) in [5, 5.41) is 9.31. The first-order valence-corrected chi connectivity index (χ1v) is 7.72. The van der Waals surface area contributed by atoms with Crippen molar-refractivity contribution in [2.45, 2.75) is 44.9 Å². The first kappa shape index (κ1) is 17.3. The Bertz CT molecular complexity index is 572. The topological polar surface area (TPSA) is 76.1 Å². The van der Waals surface area contributed by atoms with Crippen molar-refractivity contribution in [2.75, 3.05) is 13.7 Å². The molecule has 1 saturated heterocycles. The molecule has 2 unspecified atom stereocenters. The largest absolute Gasteiger partial charge is 0.491 e. The number of carboxylic acids is 1. The first-order chi connectivity index (χ1) is 10.9. The Balaban J connectivity index is 2.14. The number of likely N-dealkylation sites (tertiary alicyclic amines) is 1. The van der Waals surface area contributed by atoms with Gasteiger partial charge in [0.2, 0.25) is 5.91 Å². The van der Waals surface area contributed by atoms with Gasteiger partial charge in [-0.05, 0) is 19.9 Å². The van der Waals surface area contributed by atoms with Crippen molar-refractivity contribution in [3.8, 4) is 5.75 Å². The smallest absolute Gasteiger partial charge is 0.326 e. The summed E-state index contributed by atoms with van der Waals surface area (Å²) in [6.07, 6.45) is 0.204. The summed E-state index contributed by atoms with van der Waals surface area (Å²) < 4.78 is 10.9. The number of para-hydroxylation sites is 1. The molecule has 1 fully saturated rings. The molecule has 6 nitrogen and oxygen atoms in total. The van der Waals surface area contributed by atoms with Gasteiger partial charge in [0.25, 0.3) is 0 Å². The lowest BCUT2D eigenvalue weighted by Gasteiger charge is -2.22. The minimum absolute atomic E-state index is 0.00248. The van der Waals surface area contributed by atoms with E-state index in [1.807, 2.05) is 38.1 Å². The zero-order valence-electron chi connectivity index (χ0n) is 13.7. The normalized spacial score (nSPS) is 20.8. The van der Waals surface area contributed by atoms with E-state index >= 15 is 0 Å². The van der Waals surface area contributed by atoms with Crippen LogP contribution in [0.4, 0.5) is 0 Å². The predicted octanol–water partition coefficient (Wildman–Crippen LogP) is 1.72. The van der Waals surface area contributed by atoms with Crippen LogP contribution in [0.25, 0.3) is 0 Å². The zero-order valence-corrected chi connectivity index (χ0v) is 13.7. The van der Waals surface area contributed by atoms with E-state index in [1.165, 1.54) is 12.0 Å². The van der Waals surface area contributed by atoms with E-state index in [4.69, 9.17) is 9.47 Å². The van der Waals surface area contributed by atoms with Crippen molar-refractivity contribution in [3.05, 3.63) is 29.8 Å². The fourth-order valence-corrected chi connectivity index (χ4v) is 2.76. The Labute approximate surface area is 136 Å². The molecule has 1 N–H and O–H groups in total. The van der Waals surface area contributed by atoms with Crippen molar-refractivity contribution >= 4 is 11.9 Å². The molecule has 1 aliphatic rings. The fourth-order valence-electron chi connectivity index (χ4n) is 2.76. The summed E-state index contributed by atoms with van der Waals surface area (Å²) in [6, 6.07) is 6.51. The van der Waals surface area contributed by atoms with Crippen LogP contribution in [-0.4, -0.2) is 53.8 Å². The van der Waals surface area contributed by atoms with E-state index in [9.17, 15) is 14.7 Å². The number of rotatable bonds is 6. The molecule has 1 aliphatic heterocycles. The van der Waals surface area contributed by atoms with Crippen LogP contribution in [0.15, 0.2) is 24.3 Å². The fraction of sp³-hybridized carbons (Fsp3) is 0.529. The van der Waals surface area contributed by atoms with Crippen LogP contribution < -0.4 is 4.74 Å². The van der Waals surface area contributed by atoms with Crippen LogP contribution in [0.3, 0.4) is 0 Å². The van der Waals surface area contributed by atoms with Crippen LogP contribution >= 0.6 is 0 Å². The maximum absolute atomic E-state index is 12.6. The van der Waals surface area contributed by atoms with E-state index in [-0.39, 0.29) is 24.5 Å². The number of hydrogen-bond acceptors (Lipinski definition) is 4. The van der Waals surface area contributed by atoms with Gasteiger partial charge in [-0.2, -0.15) is 0 Å². The van der Waals surface area contributed by atoms with Gasteiger partial charge in [-0.25, -0.2) is 4.79 Å². The van der Waals surface area contributed by atoms with Gasteiger partial charge < -0.3 is 19.5 Å². The van der Waals surface area contributed by atoms with E-state index in [1.54, 1.807) is 0 Å². The number of nitrogens with zero attached hydrogens (tertiary/aromatic N) is 1. The van der Waals surface area contributed by atoms with E-state index in [0.717, 1.165) is 5.56 Å². The lowest BCUT2D eigenvalue weighted by Crippen LogP contribution is -2.41. The standard InChI is InChI=1S/C17H23NO5/c1-11(2)23-15-7-5-4-6-12(15)8-16(19)18-10-13(22-3)9-14(18)17(20)21/h4-7,11,13-14H,8-10H2,1-3H3,(H,20,21). The highest BCUT2D eigenvalue weighted by Gasteiger charge is 2.39. The van der Waals surface area contributed by atoms with Gasteiger partial charge in [-0.1, -0.05) is 18.2 Å². The second kappa shape index (κ2) is 7.46. The Hall–Kier alpha value is -2.08. The molecule has 126 valence electrons. The first-order valence-electron chi connectivity index (χ1n) is 7.72. The molecule has 0 radical (unpaired) electrons. The molecule has 1 aromatic rings. The second-order valence-corrected chi connectivity index (χ2v) is 5.94. The average Bonchev–Trinajstić information content (AvgIpc) is 2.93. The number of hydrogen-bond donors (Lipinski definition) is 1. The van der Waals surface area contributed by atoms with Gasteiger partial charge in [0.05, 0.1) is 18.6 Å². The molecule has 2 rings (SSSR count). The monoisotopic (exact) mass is 321 g/mol. The number of amides is 1. The van der Waals surface area contributed by atoms with Crippen molar-refractivity contribution in [3.63, 3.8) is 0 Å². The van der Waals surface area contributed by atoms with Crippen LogP contribution in [0.1, 0.15) is 25.8 Å². The molecule has 1 amide bonds. The van der Waals surface area contributed by atoms with E-state index in [2.05, 4.69) is 0 Å². The highest BCUT2D eigenvalue weighted by atomic mass is 16.5. The molecular formula is C17H23NO5. The molecule has 2 atom stereocenters.